The lowest BCUT2D eigenvalue weighted by atomic mass is 10.1. The van der Waals surface area contributed by atoms with Crippen LogP contribution < -0.4 is 9.62 Å². The van der Waals surface area contributed by atoms with Crippen LogP contribution in [0, 0.1) is 0 Å². The maximum Gasteiger partial charge on any atom is 0.264 e. The Bertz CT molecular complexity index is 1300. The average molecular weight is 542 g/mol. The minimum Gasteiger partial charge on any atom is -0.357 e. The van der Waals surface area contributed by atoms with Gasteiger partial charge in [0.25, 0.3) is 10.0 Å². The van der Waals surface area contributed by atoms with E-state index in [1.165, 1.54) is 24.1 Å². The summed E-state index contributed by atoms with van der Waals surface area (Å²) < 4.78 is 28.6. The summed E-state index contributed by atoms with van der Waals surface area (Å²) in [5, 5.41) is 3.17. The van der Waals surface area contributed by atoms with E-state index < -0.39 is 28.5 Å². The van der Waals surface area contributed by atoms with Crippen molar-refractivity contribution in [2.75, 3.05) is 17.9 Å². The van der Waals surface area contributed by atoms with Crippen LogP contribution in [0.5, 0.6) is 0 Å². The van der Waals surface area contributed by atoms with Gasteiger partial charge in [0.05, 0.1) is 10.6 Å². The van der Waals surface area contributed by atoms with Crippen molar-refractivity contribution >= 4 is 39.1 Å². The zero-order valence-corrected chi connectivity index (χ0v) is 22.8. The van der Waals surface area contributed by atoms with Gasteiger partial charge in [-0.05, 0) is 60.4 Å². The summed E-state index contributed by atoms with van der Waals surface area (Å²) in [5.74, 6) is -0.820. The maximum absolute atomic E-state index is 13.8. The second-order valence-electron chi connectivity index (χ2n) is 8.53. The van der Waals surface area contributed by atoms with Gasteiger partial charge >= 0.3 is 0 Å². The van der Waals surface area contributed by atoms with Crippen LogP contribution in [0.3, 0.4) is 0 Å². The molecule has 3 rings (SSSR count). The lowest BCUT2D eigenvalue weighted by molar-refractivity contribution is -0.140. The van der Waals surface area contributed by atoms with E-state index in [2.05, 4.69) is 5.32 Å². The highest BCUT2D eigenvalue weighted by Gasteiger charge is 2.33. The topological polar surface area (TPSA) is 86.8 Å². The highest BCUT2D eigenvalue weighted by Crippen LogP contribution is 2.25. The van der Waals surface area contributed by atoms with Gasteiger partial charge in [-0.3, -0.25) is 13.9 Å². The second kappa shape index (κ2) is 12.7. The van der Waals surface area contributed by atoms with Crippen molar-refractivity contribution in [3.05, 3.63) is 95.0 Å². The molecule has 0 aromatic heterocycles. The number of carbonyl (C=O) groups is 2. The third-order valence-corrected chi connectivity index (χ3v) is 8.18. The summed E-state index contributed by atoms with van der Waals surface area (Å²) in [6, 6.07) is 21.3. The molecule has 1 atom stereocenters. The molecule has 0 radical (unpaired) electrons. The smallest absolute Gasteiger partial charge is 0.264 e. The average Bonchev–Trinajstić information content (AvgIpc) is 2.92. The van der Waals surface area contributed by atoms with Crippen LogP contribution in [0.25, 0.3) is 0 Å². The normalized spacial score (nSPS) is 12.0. The molecule has 37 heavy (non-hydrogen) atoms. The second-order valence-corrected chi connectivity index (χ2v) is 10.8. The molecule has 1 unspecified atom stereocenters. The molecule has 0 saturated carbocycles. The van der Waals surface area contributed by atoms with Crippen LogP contribution in [0.1, 0.15) is 31.4 Å². The fourth-order valence-corrected chi connectivity index (χ4v) is 5.58. The number of nitrogens with zero attached hydrogens (tertiary/aromatic N) is 2. The first kappa shape index (κ1) is 28.2. The molecule has 0 bridgehead atoms. The van der Waals surface area contributed by atoms with Gasteiger partial charge in [0, 0.05) is 18.6 Å². The van der Waals surface area contributed by atoms with E-state index in [4.69, 9.17) is 11.6 Å². The largest absolute Gasteiger partial charge is 0.357 e. The quantitative estimate of drug-likeness (QED) is 0.383. The molecule has 196 valence electrons. The lowest BCUT2D eigenvalue weighted by Gasteiger charge is -2.33. The maximum atomic E-state index is 13.8. The minimum absolute atomic E-state index is 0.0740. The number of hydrogen-bond donors (Lipinski definition) is 1. The number of benzene rings is 3. The van der Waals surface area contributed by atoms with Gasteiger partial charge in [-0.1, -0.05) is 67.9 Å². The molecule has 0 aliphatic rings. The fraction of sp³-hybridized carbons (Fsp3) is 0.286. The van der Waals surface area contributed by atoms with Gasteiger partial charge in [0.1, 0.15) is 12.6 Å². The predicted molar refractivity (Wildman–Crippen MR) is 147 cm³/mol. The first-order valence-corrected chi connectivity index (χ1v) is 13.9. The summed E-state index contributed by atoms with van der Waals surface area (Å²) in [5.41, 5.74) is 2.18. The molecule has 0 heterocycles. The number of hydrogen-bond acceptors (Lipinski definition) is 4. The Morgan fingerprint density at radius 2 is 1.49 bits per heavy atom. The number of carbonyl (C=O) groups excluding carboxylic acids is 2. The molecular formula is C28H32ClN3O4S. The number of rotatable bonds is 11. The predicted octanol–water partition coefficient (Wildman–Crippen LogP) is 4.65. The summed E-state index contributed by atoms with van der Waals surface area (Å²) >= 11 is 6.02. The molecule has 2 amide bonds. The van der Waals surface area contributed by atoms with Crippen LogP contribution in [0.4, 0.5) is 5.69 Å². The molecular weight excluding hydrogens is 510 g/mol. The van der Waals surface area contributed by atoms with Crippen molar-refractivity contribution in [3.8, 4) is 0 Å². The molecule has 0 fully saturated rings. The minimum atomic E-state index is -4.07. The number of amides is 2. The zero-order valence-electron chi connectivity index (χ0n) is 21.2. The number of likely N-dealkylation sites (N-methyl/N-ethyl adjacent to an activating group) is 1. The van der Waals surface area contributed by atoms with Crippen LogP contribution in [-0.2, 0) is 32.6 Å². The van der Waals surface area contributed by atoms with Crippen molar-refractivity contribution < 1.29 is 18.0 Å². The molecule has 3 aromatic rings. The Kier molecular flexibility index (Phi) is 9.72. The van der Waals surface area contributed by atoms with Crippen molar-refractivity contribution in [2.24, 2.45) is 0 Å². The van der Waals surface area contributed by atoms with Gasteiger partial charge in [0.2, 0.25) is 11.8 Å². The van der Waals surface area contributed by atoms with E-state index in [1.807, 2.05) is 26.0 Å². The van der Waals surface area contributed by atoms with Crippen LogP contribution in [-0.4, -0.2) is 44.8 Å². The van der Waals surface area contributed by atoms with E-state index in [0.29, 0.717) is 17.1 Å². The Hall–Kier alpha value is -3.36. The monoisotopic (exact) mass is 541 g/mol. The van der Waals surface area contributed by atoms with Gasteiger partial charge in [-0.15, -0.1) is 0 Å². The summed E-state index contributed by atoms with van der Waals surface area (Å²) in [4.78, 5) is 28.1. The highest BCUT2D eigenvalue weighted by atomic mass is 35.5. The van der Waals surface area contributed by atoms with Crippen molar-refractivity contribution in [1.29, 1.82) is 0 Å². The molecule has 7 nitrogen and oxygen atoms in total. The Morgan fingerprint density at radius 1 is 0.892 bits per heavy atom. The molecule has 1 N–H and O–H groups in total. The van der Waals surface area contributed by atoms with Crippen molar-refractivity contribution in [3.63, 3.8) is 0 Å². The van der Waals surface area contributed by atoms with Gasteiger partial charge in [-0.25, -0.2) is 8.42 Å². The fourth-order valence-electron chi connectivity index (χ4n) is 4.02. The van der Waals surface area contributed by atoms with Crippen molar-refractivity contribution in [2.45, 2.75) is 44.2 Å². The highest BCUT2D eigenvalue weighted by molar-refractivity contribution is 7.92. The van der Waals surface area contributed by atoms with Crippen LogP contribution in [0.2, 0.25) is 5.02 Å². The number of halogens is 1. The standard InChI is InChI=1S/C28H32ClN3O4S/c1-4-21-13-17-24(18-14-21)32(37(35,36)25-9-7-6-8-10-25)20-27(33)31(26(5-2)28(34)30-3)19-22-11-15-23(29)16-12-22/h6-18,26H,4-5,19-20H2,1-3H3,(H,30,34). The van der Waals surface area contributed by atoms with Gasteiger partial charge in [-0.2, -0.15) is 0 Å². The van der Waals surface area contributed by atoms with Crippen LogP contribution in [0.15, 0.2) is 83.8 Å². The molecule has 0 aliphatic carbocycles. The van der Waals surface area contributed by atoms with E-state index in [1.54, 1.807) is 54.6 Å². The van der Waals surface area contributed by atoms with E-state index in [0.717, 1.165) is 21.9 Å². The van der Waals surface area contributed by atoms with Gasteiger partial charge < -0.3 is 10.2 Å². The first-order valence-electron chi connectivity index (χ1n) is 12.1. The van der Waals surface area contributed by atoms with Crippen LogP contribution >= 0.6 is 11.6 Å². The SMILES string of the molecule is CCc1ccc(N(CC(=O)N(Cc2ccc(Cl)cc2)C(CC)C(=O)NC)S(=O)(=O)c2ccccc2)cc1. The van der Waals surface area contributed by atoms with Gasteiger partial charge in [0.15, 0.2) is 0 Å². The number of anilines is 1. The summed E-state index contributed by atoms with van der Waals surface area (Å²) in [6.07, 6.45) is 1.15. The number of nitrogens with one attached hydrogen (secondary N) is 1. The summed E-state index contributed by atoms with van der Waals surface area (Å²) in [6.45, 7) is 3.47. The Balaban J connectivity index is 2.04. The molecule has 9 heteroatoms. The van der Waals surface area contributed by atoms with E-state index >= 15 is 0 Å². The number of aryl methyl sites for hydroxylation is 1. The third kappa shape index (κ3) is 6.90. The molecule has 3 aromatic carbocycles. The molecule has 0 aliphatic heterocycles. The Labute approximate surface area is 224 Å². The summed E-state index contributed by atoms with van der Waals surface area (Å²) in [7, 11) is -2.56. The van der Waals surface area contributed by atoms with E-state index in [9.17, 15) is 18.0 Å². The zero-order chi connectivity index (χ0) is 27.0. The third-order valence-electron chi connectivity index (χ3n) is 6.14. The number of sulfonamides is 1. The molecule has 0 spiro atoms. The van der Waals surface area contributed by atoms with Crippen molar-refractivity contribution in [1.82, 2.24) is 10.2 Å². The molecule has 0 saturated heterocycles. The lowest BCUT2D eigenvalue weighted by Crippen LogP contribution is -2.51. The Morgan fingerprint density at radius 3 is 2.03 bits per heavy atom. The first-order chi connectivity index (χ1) is 17.7. The van der Waals surface area contributed by atoms with E-state index in [-0.39, 0.29) is 17.3 Å².